The van der Waals surface area contributed by atoms with Crippen molar-refractivity contribution in [3.63, 3.8) is 0 Å². The van der Waals surface area contributed by atoms with Gasteiger partial charge in [0.15, 0.2) is 12.4 Å². The van der Waals surface area contributed by atoms with Crippen LogP contribution in [0.5, 0.6) is 5.88 Å². The average molecular weight is 588 g/mol. The molecule has 3 aromatic heterocycles. The van der Waals surface area contributed by atoms with Crippen molar-refractivity contribution < 1.29 is 31.5 Å². The Hall–Kier alpha value is -4.22. The van der Waals surface area contributed by atoms with Gasteiger partial charge in [-0.25, -0.2) is 18.7 Å². The standard InChI is InChI=1S/C30H30F5N5O2/c1-3-24-29(40-11-10-21(31)15-27(40)37-24)26(41)8-5-20-4-7-25(23(32)14-20)38-12-13-39(19(2)17-38)22-6-9-28(36-16-22)42-18-30(33,34)35/h4,6-7,9-11,14-16,19H,3,5,8,12-13,17-18H2,1-2H3/t19-/m0/s1. The number of nitrogens with zero attached hydrogens (tertiary/aromatic N) is 5. The van der Waals surface area contributed by atoms with E-state index in [1.165, 1.54) is 36.7 Å². The van der Waals surface area contributed by atoms with E-state index in [1.807, 2.05) is 24.8 Å². The molecule has 12 heteroatoms. The van der Waals surface area contributed by atoms with Gasteiger partial charge in [0.2, 0.25) is 5.88 Å². The van der Waals surface area contributed by atoms with Crippen LogP contribution in [0.1, 0.15) is 42.0 Å². The molecule has 0 spiro atoms. The fourth-order valence-electron chi connectivity index (χ4n) is 5.29. The Morgan fingerprint density at radius 1 is 1.10 bits per heavy atom. The van der Waals surface area contributed by atoms with Crippen LogP contribution in [0.15, 0.2) is 54.9 Å². The number of pyridine rings is 2. The van der Waals surface area contributed by atoms with Crippen molar-refractivity contribution in [1.29, 1.82) is 0 Å². The molecule has 0 unspecified atom stereocenters. The number of hydrogen-bond acceptors (Lipinski definition) is 6. The van der Waals surface area contributed by atoms with E-state index in [0.29, 0.717) is 60.8 Å². The fraction of sp³-hybridized carbons (Fsp3) is 0.367. The summed E-state index contributed by atoms with van der Waals surface area (Å²) >= 11 is 0. The minimum absolute atomic E-state index is 0.0223. The molecule has 42 heavy (non-hydrogen) atoms. The van der Waals surface area contributed by atoms with Crippen molar-refractivity contribution in [2.24, 2.45) is 0 Å². The molecule has 5 rings (SSSR count). The number of carbonyl (C=O) groups excluding carboxylic acids is 1. The van der Waals surface area contributed by atoms with E-state index < -0.39 is 18.6 Å². The molecule has 222 valence electrons. The fourth-order valence-corrected chi connectivity index (χ4v) is 5.29. The summed E-state index contributed by atoms with van der Waals surface area (Å²) in [5.41, 5.74) is 3.29. The van der Waals surface area contributed by atoms with Gasteiger partial charge in [0.05, 0.1) is 23.3 Å². The predicted molar refractivity (Wildman–Crippen MR) is 148 cm³/mol. The summed E-state index contributed by atoms with van der Waals surface area (Å²) in [5.74, 6) is -1.06. The number of anilines is 2. The first-order valence-corrected chi connectivity index (χ1v) is 13.7. The number of ketones is 1. The van der Waals surface area contributed by atoms with Crippen molar-refractivity contribution in [2.45, 2.75) is 45.3 Å². The molecule has 1 atom stereocenters. The van der Waals surface area contributed by atoms with Gasteiger partial charge < -0.3 is 14.5 Å². The molecule has 0 N–H and O–H groups in total. The van der Waals surface area contributed by atoms with Crippen molar-refractivity contribution in [3.8, 4) is 5.88 Å². The van der Waals surface area contributed by atoms with E-state index in [9.17, 15) is 22.4 Å². The lowest BCUT2D eigenvalue weighted by Crippen LogP contribution is -2.52. The number of hydrogen-bond donors (Lipinski definition) is 0. The van der Waals surface area contributed by atoms with Crippen LogP contribution in [0, 0.1) is 11.6 Å². The highest BCUT2D eigenvalue weighted by atomic mass is 19.4. The first-order valence-electron chi connectivity index (χ1n) is 13.7. The van der Waals surface area contributed by atoms with Gasteiger partial charge in [-0.3, -0.25) is 9.20 Å². The number of halogens is 5. The van der Waals surface area contributed by atoms with E-state index >= 15 is 4.39 Å². The van der Waals surface area contributed by atoms with Crippen LogP contribution in [0.4, 0.5) is 33.3 Å². The van der Waals surface area contributed by atoms with Gasteiger partial charge in [-0.1, -0.05) is 13.0 Å². The number of Topliss-reactive ketones (excluding diaryl/α,β-unsaturated/α-hetero) is 1. The van der Waals surface area contributed by atoms with Crippen LogP contribution in [-0.2, 0) is 12.8 Å². The second-order valence-electron chi connectivity index (χ2n) is 10.3. The lowest BCUT2D eigenvalue weighted by molar-refractivity contribution is -0.154. The number of benzene rings is 1. The maximum absolute atomic E-state index is 15.3. The number of carbonyl (C=O) groups is 1. The van der Waals surface area contributed by atoms with Gasteiger partial charge in [-0.2, -0.15) is 13.2 Å². The number of imidazole rings is 1. The van der Waals surface area contributed by atoms with E-state index in [4.69, 9.17) is 0 Å². The first-order chi connectivity index (χ1) is 20.0. The molecule has 0 radical (unpaired) electrons. The third-order valence-corrected chi connectivity index (χ3v) is 7.32. The zero-order chi connectivity index (χ0) is 30.0. The molecule has 1 aliphatic rings. The van der Waals surface area contributed by atoms with E-state index in [2.05, 4.69) is 19.6 Å². The number of aromatic nitrogens is 3. The monoisotopic (exact) mass is 587 g/mol. The zero-order valence-corrected chi connectivity index (χ0v) is 23.2. The molecular formula is C30H30F5N5O2. The third kappa shape index (κ3) is 6.47. The molecule has 1 fully saturated rings. The summed E-state index contributed by atoms with van der Waals surface area (Å²) in [6.45, 7) is 4.07. The Morgan fingerprint density at radius 3 is 2.57 bits per heavy atom. The minimum Gasteiger partial charge on any atom is -0.468 e. The summed E-state index contributed by atoms with van der Waals surface area (Å²) in [4.78, 5) is 25.5. The molecule has 1 aliphatic heterocycles. The highest BCUT2D eigenvalue weighted by Gasteiger charge is 2.29. The lowest BCUT2D eigenvalue weighted by Gasteiger charge is -2.42. The van der Waals surface area contributed by atoms with Gasteiger partial charge in [0.1, 0.15) is 23.0 Å². The Bertz CT molecular complexity index is 1570. The van der Waals surface area contributed by atoms with Gasteiger partial charge in [0, 0.05) is 50.4 Å². The van der Waals surface area contributed by atoms with Crippen LogP contribution in [0.25, 0.3) is 5.65 Å². The molecular weight excluding hydrogens is 557 g/mol. The maximum atomic E-state index is 15.3. The largest absolute Gasteiger partial charge is 0.468 e. The van der Waals surface area contributed by atoms with Crippen LogP contribution >= 0.6 is 0 Å². The van der Waals surface area contributed by atoms with Gasteiger partial charge in [-0.05, 0) is 49.6 Å². The van der Waals surface area contributed by atoms with E-state index in [-0.39, 0.29) is 29.9 Å². The lowest BCUT2D eigenvalue weighted by atomic mass is 10.0. The number of piperazine rings is 1. The smallest absolute Gasteiger partial charge is 0.422 e. The van der Waals surface area contributed by atoms with Crippen molar-refractivity contribution in [2.75, 3.05) is 36.0 Å². The highest BCUT2D eigenvalue weighted by molar-refractivity contribution is 5.96. The summed E-state index contributed by atoms with van der Waals surface area (Å²) in [6, 6.07) is 10.6. The number of fused-ring (bicyclic) bond motifs is 1. The molecule has 0 aliphatic carbocycles. The Kier molecular flexibility index (Phi) is 8.33. The topological polar surface area (TPSA) is 63.0 Å². The highest BCUT2D eigenvalue weighted by Crippen LogP contribution is 2.28. The summed E-state index contributed by atoms with van der Waals surface area (Å²) in [6.07, 6.45) is -0.444. The molecule has 0 bridgehead atoms. The molecule has 0 saturated carbocycles. The van der Waals surface area contributed by atoms with Crippen molar-refractivity contribution in [3.05, 3.63) is 83.4 Å². The minimum atomic E-state index is -4.44. The molecule has 4 heterocycles. The number of alkyl halides is 3. The number of rotatable bonds is 9. The van der Waals surface area contributed by atoms with Crippen LogP contribution in [-0.4, -0.2) is 58.6 Å². The number of ether oxygens (including phenoxy) is 1. The number of aryl methyl sites for hydroxylation is 2. The second-order valence-corrected chi connectivity index (χ2v) is 10.3. The summed E-state index contributed by atoms with van der Waals surface area (Å²) < 4.78 is 72.3. The Balaban J connectivity index is 1.20. The Morgan fingerprint density at radius 2 is 1.90 bits per heavy atom. The molecule has 4 aromatic rings. The van der Waals surface area contributed by atoms with Gasteiger partial charge in [0.25, 0.3) is 0 Å². The Labute approximate surface area is 239 Å². The van der Waals surface area contributed by atoms with Crippen LogP contribution in [0.2, 0.25) is 0 Å². The molecule has 1 aromatic carbocycles. The third-order valence-electron chi connectivity index (χ3n) is 7.32. The quantitative estimate of drug-likeness (QED) is 0.176. The van der Waals surface area contributed by atoms with Crippen LogP contribution in [0.3, 0.4) is 0 Å². The first kappa shape index (κ1) is 29.3. The van der Waals surface area contributed by atoms with E-state index in [1.54, 1.807) is 16.5 Å². The second kappa shape index (κ2) is 11.9. The summed E-state index contributed by atoms with van der Waals surface area (Å²) in [5, 5.41) is 0. The molecule has 0 amide bonds. The van der Waals surface area contributed by atoms with Crippen LogP contribution < -0.4 is 14.5 Å². The summed E-state index contributed by atoms with van der Waals surface area (Å²) in [7, 11) is 0. The average Bonchev–Trinajstić information content (AvgIpc) is 3.32. The van der Waals surface area contributed by atoms with E-state index in [0.717, 1.165) is 5.69 Å². The van der Waals surface area contributed by atoms with Crippen molar-refractivity contribution in [1.82, 2.24) is 14.4 Å². The zero-order valence-electron chi connectivity index (χ0n) is 23.2. The molecule has 1 saturated heterocycles. The van der Waals surface area contributed by atoms with Gasteiger partial charge in [-0.15, -0.1) is 0 Å². The van der Waals surface area contributed by atoms with Crippen molar-refractivity contribution >= 4 is 22.8 Å². The van der Waals surface area contributed by atoms with Gasteiger partial charge >= 0.3 is 6.18 Å². The predicted octanol–water partition coefficient (Wildman–Crippen LogP) is 6.04. The SMILES string of the molecule is CCc1nc2cc(F)ccn2c1C(=O)CCc1ccc(N2CCN(c3ccc(OCC(F)(F)F)nc3)[C@@H](C)C2)c(F)c1. The normalized spacial score (nSPS) is 15.8. The molecule has 7 nitrogen and oxygen atoms in total. The maximum Gasteiger partial charge on any atom is 0.422 e.